The minimum Gasteiger partial charge on any atom is -0.466 e. The normalized spacial score (nSPS) is 20.3. The van der Waals surface area contributed by atoms with Gasteiger partial charge in [-0.3, -0.25) is 9.59 Å². The van der Waals surface area contributed by atoms with Crippen LogP contribution in [0.4, 0.5) is 0 Å². The van der Waals surface area contributed by atoms with E-state index in [-0.39, 0.29) is 30.8 Å². The van der Waals surface area contributed by atoms with E-state index >= 15 is 0 Å². The molecule has 0 aliphatic carbocycles. The van der Waals surface area contributed by atoms with E-state index in [9.17, 15) is 14.4 Å². The highest BCUT2D eigenvalue weighted by atomic mass is 32.2. The fourth-order valence-corrected chi connectivity index (χ4v) is 6.49. The number of hydrogen-bond donors (Lipinski definition) is 0. The van der Waals surface area contributed by atoms with Crippen molar-refractivity contribution in [3.05, 3.63) is 88.0 Å². The molecule has 3 aliphatic heterocycles. The standard InChI is InChI=1S/C32H35N3O5S/c1-4-39-30(37)24-15-10-16-34(19-24)26(36)18-25-20-41-32-33-28(22-12-7-6-8-13-22)27(31(38)40-5-2)29(35(25)32)23-14-9-11-21(3)17-23/h6-9,11-14,17,20,24,29H,4-5,10,15-16,18-19H2,1-3H3/t24-,29+/m0/s1. The van der Waals surface area contributed by atoms with Gasteiger partial charge in [-0.05, 0) is 44.6 Å². The van der Waals surface area contributed by atoms with Crippen LogP contribution in [0.15, 0.2) is 76.3 Å². The Kier molecular flexibility index (Phi) is 8.93. The van der Waals surface area contributed by atoms with Crippen LogP contribution in [0.1, 0.15) is 55.8 Å². The summed E-state index contributed by atoms with van der Waals surface area (Å²) < 4.78 is 10.8. The highest BCUT2D eigenvalue weighted by Gasteiger charge is 2.43. The van der Waals surface area contributed by atoms with Crippen molar-refractivity contribution >= 4 is 40.5 Å². The maximum absolute atomic E-state index is 13.6. The lowest BCUT2D eigenvalue weighted by Gasteiger charge is -2.38. The molecule has 1 fully saturated rings. The van der Waals surface area contributed by atoms with Gasteiger partial charge in [0.1, 0.15) is 0 Å². The zero-order valence-corrected chi connectivity index (χ0v) is 24.5. The molecule has 0 aromatic heterocycles. The molecule has 214 valence electrons. The molecule has 3 heterocycles. The summed E-state index contributed by atoms with van der Waals surface area (Å²) in [5, 5.41) is 2.65. The first-order valence-corrected chi connectivity index (χ1v) is 15.0. The smallest absolute Gasteiger partial charge is 0.338 e. The average molecular weight is 574 g/mol. The highest BCUT2D eigenvalue weighted by molar-refractivity contribution is 8.16. The van der Waals surface area contributed by atoms with Crippen molar-refractivity contribution in [2.45, 2.75) is 46.1 Å². The van der Waals surface area contributed by atoms with E-state index < -0.39 is 12.0 Å². The Balaban J connectivity index is 1.51. The van der Waals surface area contributed by atoms with Crippen molar-refractivity contribution in [2.24, 2.45) is 10.9 Å². The number of esters is 2. The van der Waals surface area contributed by atoms with E-state index in [2.05, 4.69) is 6.07 Å². The van der Waals surface area contributed by atoms with Gasteiger partial charge in [-0.25, -0.2) is 9.79 Å². The summed E-state index contributed by atoms with van der Waals surface area (Å²) in [6, 6.07) is 17.2. The van der Waals surface area contributed by atoms with E-state index in [0.717, 1.165) is 35.2 Å². The van der Waals surface area contributed by atoms with Gasteiger partial charge < -0.3 is 19.3 Å². The van der Waals surface area contributed by atoms with Gasteiger partial charge in [0.15, 0.2) is 5.17 Å². The van der Waals surface area contributed by atoms with E-state index in [0.29, 0.717) is 36.1 Å². The molecular weight excluding hydrogens is 538 g/mol. The highest BCUT2D eigenvalue weighted by Crippen LogP contribution is 2.47. The molecule has 0 N–H and O–H groups in total. The number of fused-ring (bicyclic) bond motifs is 1. The van der Waals surface area contributed by atoms with Crippen molar-refractivity contribution in [1.82, 2.24) is 9.80 Å². The fraction of sp³-hybridized carbons (Fsp3) is 0.375. The van der Waals surface area contributed by atoms with Crippen molar-refractivity contribution in [3.63, 3.8) is 0 Å². The van der Waals surface area contributed by atoms with Gasteiger partial charge in [-0.1, -0.05) is 71.9 Å². The first-order chi connectivity index (χ1) is 19.9. The monoisotopic (exact) mass is 573 g/mol. The van der Waals surface area contributed by atoms with Gasteiger partial charge in [0.05, 0.1) is 42.9 Å². The summed E-state index contributed by atoms with van der Waals surface area (Å²) in [7, 11) is 0. The number of carbonyl (C=O) groups excluding carboxylic acids is 3. The summed E-state index contributed by atoms with van der Waals surface area (Å²) in [6.45, 7) is 7.11. The van der Waals surface area contributed by atoms with E-state index in [1.807, 2.05) is 65.8 Å². The molecule has 2 atom stereocenters. The van der Waals surface area contributed by atoms with E-state index in [4.69, 9.17) is 14.5 Å². The van der Waals surface area contributed by atoms with Crippen molar-refractivity contribution in [1.29, 1.82) is 0 Å². The summed E-state index contributed by atoms with van der Waals surface area (Å²) >= 11 is 1.45. The summed E-state index contributed by atoms with van der Waals surface area (Å²) in [4.78, 5) is 48.4. The lowest BCUT2D eigenvalue weighted by molar-refractivity contribution is -0.151. The van der Waals surface area contributed by atoms with E-state index in [1.54, 1.807) is 18.7 Å². The SMILES string of the molecule is CCOC(=O)C1=C(c2ccccc2)N=C2SC=C(CC(=O)N3CCC[C@H](C(=O)OCC)C3)N2[C@@H]1c1cccc(C)c1. The molecule has 0 radical (unpaired) electrons. The molecule has 2 aromatic rings. The number of aliphatic imine (C=N–C) groups is 1. The fourth-order valence-electron chi connectivity index (χ4n) is 5.57. The third kappa shape index (κ3) is 6.10. The number of ether oxygens (including phenoxy) is 2. The number of rotatable bonds is 8. The van der Waals surface area contributed by atoms with Crippen molar-refractivity contribution in [2.75, 3.05) is 26.3 Å². The molecule has 1 amide bonds. The number of likely N-dealkylation sites (tertiary alicyclic amines) is 1. The van der Waals surface area contributed by atoms with Gasteiger partial charge in [0, 0.05) is 24.4 Å². The molecule has 2 aromatic carbocycles. The third-order valence-electron chi connectivity index (χ3n) is 7.44. The van der Waals surface area contributed by atoms with Crippen LogP contribution in [0.25, 0.3) is 5.70 Å². The Morgan fingerprint density at radius 2 is 1.80 bits per heavy atom. The molecule has 1 saturated heterocycles. The first kappa shape index (κ1) is 28.7. The first-order valence-electron chi connectivity index (χ1n) is 14.1. The van der Waals surface area contributed by atoms with Crippen LogP contribution in [0.3, 0.4) is 0 Å². The number of carbonyl (C=O) groups is 3. The number of amidine groups is 1. The van der Waals surface area contributed by atoms with Crippen molar-refractivity contribution < 1.29 is 23.9 Å². The second-order valence-electron chi connectivity index (χ2n) is 10.3. The van der Waals surface area contributed by atoms with Gasteiger partial charge >= 0.3 is 11.9 Å². The molecule has 0 spiro atoms. The third-order valence-corrected chi connectivity index (χ3v) is 8.33. The quantitative estimate of drug-likeness (QED) is 0.388. The van der Waals surface area contributed by atoms with Crippen LogP contribution < -0.4 is 0 Å². The number of hydrogen-bond acceptors (Lipinski definition) is 8. The molecule has 0 saturated carbocycles. The van der Waals surface area contributed by atoms with Gasteiger partial charge in [-0.15, -0.1) is 0 Å². The van der Waals surface area contributed by atoms with Crippen LogP contribution in [-0.2, 0) is 23.9 Å². The molecule has 9 heteroatoms. The largest absolute Gasteiger partial charge is 0.466 e. The lowest BCUT2D eigenvalue weighted by Crippen LogP contribution is -2.44. The van der Waals surface area contributed by atoms with Crippen LogP contribution in [0.2, 0.25) is 0 Å². The summed E-state index contributed by atoms with van der Waals surface area (Å²) in [5.41, 5.74) is 4.57. The summed E-state index contributed by atoms with van der Waals surface area (Å²) in [5.74, 6) is -1.05. The minimum absolute atomic E-state index is 0.0642. The van der Waals surface area contributed by atoms with Gasteiger partial charge in [-0.2, -0.15) is 0 Å². The topological polar surface area (TPSA) is 88.5 Å². The molecule has 3 aliphatic rings. The zero-order valence-electron chi connectivity index (χ0n) is 23.7. The predicted molar refractivity (Wildman–Crippen MR) is 159 cm³/mol. The number of thioether (sulfide) groups is 1. The Morgan fingerprint density at radius 3 is 2.54 bits per heavy atom. The van der Waals surface area contributed by atoms with Gasteiger partial charge in [0.2, 0.25) is 5.91 Å². The number of piperidine rings is 1. The van der Waals surface area contributed by atoms with Crippen LogP contribution in [0, 0.1) is 12.8 Å². The van der Waals surface area contributed by atoms with E-state index in [1.165, 1.54) is 11.8 Å². The number of amides is 1. The zero-order chi connectivity index (χ0) is 28.9. The molecule has 8 nitrogen and oxygen atoms in total. The molecule has 0 unspecified atom stereocenters. The number of aryl methyl sites for hydroxylation is 1. The van der Waals surface area contributed by atoms with Crippen LogP contribution in [-0.4, -0.2) is 59.1 Å². The second-order valence-corrected chi connectivity index (χ2v) is 11.1. The van der Waals surface area contributed by atoms with Crippen LogP contribution >= 0.6 is 11.8 Å². The van der Waals surface area contributed by atoms with Crippen molar-refractivity contribution in [3.8, 4) is 0 Å². The van der Waals surface area contributed by atoms with Crippen LogP contribution in [0.5, 0.6) is 0 Å². The Morgan fingerprint density at radius 1 is 1.02 bits per heavy atom. The maximum Gasteiger partial charge on any atom is 0.338 e. The summed E-state index contributed by atoms with van der Waals surface area (Å²) in [6.07, 6.45) is 1.59. The predicted octanol–water partition coefficient (Wildman–Crippen LogP) is 5.46. The van der Waals surface area contributed by atoms with Gasteiger partial charge in [0.25, 0.3) is 0 Å². The lowest BCUT2D eigenvalue weighted by atomic mass is 9.90. The Bertz CT molecular complexity index is 1420. The molecule has 41 heavy (non-hydrogen) atoms. The second kappa shape index (κ2) is 12.8. The minimum atomic E-state index is -0.528. The Labute approximate surface area is 245 Å². The number of benzene rings is 2. The number of nitrogens with zero attached hydrogens (tertiary/aromatic N) is 3. The average Bonchev–Trinajstić information content (AvgIpc) is 3.39. The molecular formula is C32H35N3O5S. The Hall–Kier alpha value is -3.85. The molecule has 5 rings (SSSR count). The maximum atomic E-state index is 13.6. The molecule has 0 bridgehead atoms.